The fourth-order valence-electron chi connectivity index (χ4n) is 3.24. The van der Waals surface area contributed by atoms with E-state index in [1.54, 1.807) is 10.7 Å². The molecule has 2 aliphatic rings. The Balaban J connectivity index is 1.44. The number of fused-ring (bicyclic) bond motifs is 1. The lowest BCUT2D eigenvalue weighted by molar-refractivity contribution is 0.0911. The predicted molar refractivity (Wildman–Crippen MR) is 88.0 cm³/mol. The first-order valence-electron chi connectivity index (χ1n) is 7.88. The maximum atomic E-state index is 12.5. The molecule has 0 atom stereocenters. The van der Waals surface area contributed by atoms with E-state index in [0.717, 1.165) is 42.0 Å². The van der Waals surface area contributed by atoms with Crippen molar-refractivity contribution >= 4 is 27.4 Å². The molecule has 1 aliphatic carbocycles. The topological polar surface area (TPSA) is 49.6 Å². The molecule has 4 rings (SSSR count). The molecule has 1 amide bonds. The number of hydrogen-bond acceptors (Lipinski definition) is 3. The molecule has 3 heterocycles. The second-order valence-corrected chi connectivity index (χ2v) is 7.16. The van der Waals surface area contributed by atoms with Gasteiger partial charge in [0, 0.05) is 35.8 Å². The number of likely N-dealkylation sites (tertiary alicyclic amines) is 1. The molecule has 2 fully saturated rings. The van der Waals surface area contributed by atoms with Crippen molar-refractivity contribution in [2.75, 3.05) is 13.1 Å². The van der Waals surface area contributed by atoms with Gasteiger partial charge in [0.25, 0.3) is 5.91 Å². The zero-order chi connectivity index (χ0) is 15.1. The normalized spacial score (nSPS) is 20.4. The van der Waals surface area contributed by atoms with Gasteiger partial charge in [0.05, 0.1) is 17.3 Å². The van der Waals surface area contributed by atoms with Crippen LogP contribution in [0.25, 0.3) is 5.52 Å². The third-order valence-electron chi connectivity index (χ3n) is 4.66. The molecule has 2 aromatic rings. The van der Waals surface area contributed by atoms with E-state index in [1.165, 1.54) is 12.8 Å². The first kappa shape index (κ1) is 14.2. The van der Waals surface area contributed by atoms with Crippen molar-refractivity contribution in [2.45, 2.75) is 37.8 Å². The molecule has 1 saturated carbocycles. The summed E-state index contributed by atoms with van der Waals surface area (Å²) in [5.41, 5.74) is 1.48. The Hall–Kier alpha value is -1.40. The van der Waals surface area contributed by atoms with Gasteiger partial charge in [-0.05, 0) is 37.8 Å². The number of halogens is 1. The van der Waals surface area contributed by atoms with E-state index >= 15 is 0 Å². The highest BCUT2D eigenvalue weighted by Gasteiger charge is 2.32. The summed E-state index contributed by atoms with van der Waals surface area (Å²) in [6.07, 6.45) is 8.31. The Bertz CT molecular complexity index is 701. The molecule has 116 valence electrons. The number of carbonyl (C=O) groups excluding carboxylic acids is 1. The van der Waals surface area contributed by atoms with Gasteiger partial charge < -0.3 is 10.2 Å². The summed E-state index contributed by atoms with van der Waals surface area (Å²) >= 11 is 3.45. The lowest BCUT2D eigenvalue weighted by atomic mass is 10.0. The van der Waals surface area contributed by atoms with Crippen molar-refractivity contribution in [3.8, 4) is 0 Å². The van der Waals surface area contributed by atoms with Crippen LogP contribution in [-0.4, -0.2) is 45.6 Å². The number of hydrogen-bond donors (Lipinski definition) is 1. The minimum absolute atomic E-state index is 0.0158. The van der Waals surface area contributed by atoms with E-state index in [4.69, 9.17) is 0 Å². The molecule has 0 aromatic carbocycles. The Morgan fingerprint density at radius 2 is 2.05 bits per heavy atom. The fraction of sp³-hybridized carbons (Fsp3) is 0.500. The van der Waals surface area contributed by atoms with Crippen LogP contribution >= 0.6 is 15.9 Å². The third-order valence-corrected chi connectivity index (χ3v) is 5.15. The second-order valence-electron chi connectivity index (χ2n) is 6.25. The van der Waals surface area contributed by atoms with Gasteiger partial charge in [-0.3, -0.25) is 4.79 Å². The molecule has 1 aliphatic heterocycles. The lowest BCUT2D eigenvalue weighted by Crippen LogP contribution is -2.45. The lowest BCUT2D eigenvalue weighted by Gasteiger charge is -2.32. The van der Waals surface area contributed by atoms with Crippen LogP contribution in [0.15, 0.2) is 29.0 Å². The van der Waals surface area contributed by atoms with Crippen molar-refractivity contribution < 1.29 is 4.79 Å². The van der Waals surface area contributed by atoms with Gasteiger partial charge in [-0.25, -0.2) is 4.52 Å². The minimum Gasteiger partial charge on any atom is -0.349 e. The van der Waals surface area contributed by atoms with Gasteiger partial charge in [-0.2, -0.15) is 5.10 Å². The van der Waals surface area contributed by atoms with Gasteiger partial charge >= 0.3 is 0 Å². The van der Waals surface area contributed by atoms with Gasteiger partial charge in [-0.1, -0.05) is 15.9 Å². The van der Waals surface area contributed by atoms with Crippen molar-refractivity contribution in [1.29, 1.82) is 0 Å². The SMILES string of the molecule is O=C(NC1CCN(C2CC2)CC1)c1cnn2ccc(Br)cc12. The molecule has 2 aromatic heterocycles. The largest absolute Gasteiger partial charge is 0.349 e. The number of nitrogens with one attached hydrogen (secondary N) is 1. The molecular formula is C16H19BrN4O. The summed E-state index contributed by atoms with van der Waals surface area (Å²) in [5.74, 6) is -0.0158. The number of amides is 1. The van der Waals surface area contributed by atoms with Crippen LogP contribution in [0.2, 0.25) is 0 Å². The number of pyridine rings is 1. The summed E-state index contributed by atoms with van der Waals surface area (Å²) < 4.78 is 2.68. The highest BCUT2D eigenvalue weighted by atomic mass is 79.9. The van der Waals surface area contributed by atoms with Crippen molar-refractivity contribution in [3.05, 3.63) is 34.6 Å². The monoisotopic (exact) mass is 362 g/mol. The van der Waals surface area contributed by atoms with E-state index in [0.29, 0.717) is 5.56 Å². The fourth-order valence-corrected chi connectivity index (χ4v) is 3.58. The molecule has 6 heteroatoms. The van der Waals surface area contributed by atoms with Crippen LogP contribution in [0.4, 0.5) is 0 Å². The van der Waals surface area contributed by atoms with Gasteiger partial charge in [-0.15, -0.1) is 0 Å². The van der Waals surface area contributed by atoms with Crippen molar-refractivity contribution in [1.82, 2.24) is 19.8 Å². The zero-order valence-corrected chi connectivity index (χ0v) is 13.9. The van der Waals surface area contributed by atoms with Crippen LogP contribution in [0.5, 0.6) is 0 Å². The quantitative estimate of drug-likeness (QED) is 0.912. The maximum absolute atomic E-state index is 12.5. The standard InChI is InChI=1S/C16H19BrN4O/c17-11-3-8-21-15(9-11)14(10-18-21)16(22)19-12-4-6-20(7-5-12)13-1-2-13/h3,8-10,12-13H,1-2,4-7H2,(H,19,22). The van der Waals surface area contributed by atoms with E-state index in [9.17, 15) is 4.79 Å². The van der Waals surface area contributed by atoms with Crippen molar-refractivity contribution in [2.24, 2.45) is 0 Å². The Labute approximate surface area is 137 Å². The molecule has 22 heavy (non-hydrogen) atoms. The van der Waals surface area contributed by atoms with Crippen LogP contribution in [-0.2, 0) is 0 Å². The molecule has 0 radical (unpaired) electrons. The van der Waals surface area contributed by atoms with Crippen LogP contribution in [0.1, 0.15) is 36.0 Å². The summed E-state index contributed by atoms with van der Waals surface area (Å²) in [4.78, 5) is 15.1. The number of piperidine rings is 1. The number of carbonyl (C=O) groups is 1. The Morgan fingerprint density at radius 1 is 1.27 bits per heavy atom. The number of rotatable bonds is 3. The number of aromatic nitrogens is 2. The smallest absolute Gasteiger partial charge is 0.255 e. The van der Waals surface area contributed by atoms with E-state index in [1.807, 2.05) is 18.3 Å². The Kier molecular flexibility index (Phi) is 3.66. The molecule has 0 unspecified atom stereocenters. The Morgan fingerprint density at radius 3 is 2.77 bits per heavy atom. The van der Waals surface area contributed by atoms with Crippen molar-refractivity contribution in [3.63, 3.8) is 0 Å². The predicted octanol–water partition coefficient (Wildman–Crippen LogP) is 2.45. The van der Waals surface area contributed by atoms with Crippen LogP contribution in [0, 0.1) is 0 Å². The third kappa shape index (κ3) is 2.77. The van der Waals surface area contributed by atoms with Gasteiger partial charge in [0.15, 0.2) is 0 Å². The molecular weight excluding hydrogens is 344 g/mol. The van der Waals surface area contributed by atoms with E-state index < -0.39 is 0 Å². The zero-order valence-electron chi connectivity index (χ0n) is 12.3. The summed E-state index contributed by atoms with van der Waals surface area (Å²) in [7, 11) is 0. The highest BCUT2D eigenvalue weighted by molar-refractivity contribution is 9.10. The van der Waals surface area contributed by atoms with Gasteiger partial charge in [0.2, 0.25) is 0 Å². The summed E-state index contributed by atoms with van der Waals surface area (Å²) in [5, 5.41) is 7.42. The molecule has 0 spiro atoms. The molecule has 1 saturated heterocycles. The van der Waals surface area contributed by atoms with E-state index in [-0.39, 0.29) is 11.9 Å². The number of nitrogens with zero attached hydrogens (tertiary/aromatic N) is 3. The molecule has 1 N–H and O–H groups in total. The van der Waals surface area contributed by atoms with Gasteiger partial charge in [0.1, 0.15) is 0 Å². The van der Waals surface area contributed by atoms with Crippen LogP contribution in [0.3, 0.4) is 0 Å². The highest BCUT2D eigenvalue weighted by Crippen LogP contribution is 2.29. The van der Waals surface area contributed by atoms with Crippen LogP contribution < -0.4 is 5.32 Å². The average molecular weight is 363 g/mol. The first-order chi connectivity index (χ1) is 10.7. The summed E-state index contributed by atoms with van der Waals surface area (Å²) in [6.45, 7) is 2.21. The van der Waals surface area contributed by atoms with E-state index in [2.05, 4.69) is 31.2 Å². The summed E-state index contributed by atoms with van der Waals surface area (Å²) in [6, 6.07) is 4.95. The maximum Gasteiger partial charge on any atom is 0.255 e. The molecule has 5 nitrogen and oxygen atoms in total. The average Bonchev–Trinajstić information content (AvgIpc) is 3.28. The minimum atomic E-state index is -0.0158. The second kappa shape index (κ2) is 5.66. The molecule has 0 bridgehead atoms. The first-order valence-corrected chi connectivity index (χ1v) is 8.68.